The fraction of sp³-hybridized carbons (Fsp3) is 0.118. The van der Waals surface area contributed by atoms with E-state index in [-0.39, 0.29) is 5.56 Å². The molecule has 0 spiro atoms. The Kier molecular flexibility index (Phi) is 4.15. The van der Waals surface area contributed by atoms with Crippen LogP contribution in [0.3, 0.4) is 0 Å². The summed E-state index contributed by atoms with van der Waals surface area (Å²) in [6, 6.07) is 11.5. The lowest BCUT2D eigenvalue weighted by molar-refractivity contribution is 0.0697. The number of benzene rings is 2. The van der Waals surface area contributed by atoms with E-state index in [1.54, 1.807) is 44.6 Å². The summed E-state index contributed by atoms with van der Waals surface area (Å²) in [5.74, 6) is 0.828. The average Bonchev–Trinajstić information content (AvgIpc) is 3.11. The molecule has 1 N–H and O–H groups in total. The van der Waals surface area contributed by atoms with Gasteiger partial charge in [-0.15, -0.1) is 10.2 Å². The van der Waals surface area contributed by atoms with Crippen molar-refractivity contribution < 1.29 is 23.8 Å². The van der Waals surface area contributed by atoms with Gasteiger partial charge in [0, 0.05) is 17.2 Å². The van der Waals surface area contributed by atoms with Crippen LogP contribution in [0.4, 0.5) is 0 Å². The predicted octanol–water partition coefficient (Wildman–Crippen LogP) is 3.12. The van der Waals surface area contributed by atoms with Crippen molar-refractivity contribution in [3.05, 3.63) is 48.0 Å². The highest BCUT2D eigenvalue weighted by atomic mass is 16.5. The molecular weight excluding hydrogens is 312 g/mol. The maximum atomic E-state index is 10.9. The average molecular weight is 326 g/mol. The van der Waals surface area contributed by atoms with E-state index in [0.717, 1.165) is 0 Å². The van der Waals surface area contributed by atoms with Gasteiger partial charge in [-0.05, 0) is 36.4 Å². The minimum Gasteiger partial charge on any atom is -0.497 e. The summed E-state index contributed by atoms with van der Waals surface area (Å²) in [6.45, 7) is 0. The van der Waals surface area contributed by atoms with Gasteiger partial charge in [-0.3, -0.25) is 0 Å². The molecule has 0 unspecified atom stereocenters. The molecule has 1 aromatic heterocycles. The fourth-order valence-corrected chi connectivity index (χ4v) is 2.14. The van der Waals surface area contributed by atoms with E-state index in [1.165, 1.54) is 12.1 Å². The van der Waals surface area contributed by atoms with Crippen LogP contribution >= 0.6 is 0 Å². The third-order valence-corrected chi connectivity index (χ3v) is 3.40. The van der Waals surface area contributed by atoms with E-state index < -0.39 is 5.97 Å². The molecule has 0 fully saturated rings. The van der Waals surface area contributed by atoms with Crippen LogP contribution < -0.4 is 9.47 Å². The maximum absolute atomic E-state index is 10.9. The van der Waals surface area contributed by atoms with Gasteiger partial charge in [-0.1, -0.05) is 0 Å². The first-order valence-corrected chi connectivity index (χ1v) is 7.01. The van der Waals surface area contributed by atoms with Crippen molar-refractivity contribution in [1.29, 1.82) is 0 Å². The molecular formula is C17H14N2O5. The van der Waals surface area contributed by atoms with Gasteiger partial charge in [0.05, 0.1) is 19.8 Å². The molecule has 0 atom stereocenters. The van der Waals surface area contributed by atoms with Gasteiger partial charge in [0.25, 0.3) is 0 Å². The Morgan fingerprint density at radius 2 is 1.46 bits per heavy atom. The molecule has 0 aliphatic carbocycles. The second kappa shape index (κ2) is 6.41. The van der Waals surface area contributed by atoms with Crippen LogP contribution in [0.1, 0.15) is 10.4 Å². The Labute approximate surface area is 137 Å². The van der Waals surface area contributed by atoms with Gasteiger partial charge < -0.3 is 19.0 Å². The molecule has 0 aliphatic heterocycles. The first-order chi connectivity index (χ1) is 11.6. The molecule has 0 radical (unpaired) electrons. The zero-order chi connectivity index (χ0) is 17.1. The molecule has 3 rings (SSSR count). The summed E-state index contributed by atoms with van der Waals surface area (Å²) in [5.41, 5.74) is 1.48. The summed E-state index contributed by atoms with van der Waals surface area (Å²) in [5, 5.41) is 17.0. The van der Waals surface area contributed by atoms with Crippen LogP contribution in [0, 0.1) is 0 Å². The molecule has 2 aromatic carbocycles. The summed E-state index contributed by atoms with van der Waals surface area (Å²) < 4.78 is 16.1. The predicted molar refractivity (Wildman–Crippen MR) is 85.2 cm³/mol. The number of carboxylic acids is 1. The number of nitrogens with zero attached hydrogens (tertiary/aromatic N) is 2. The van der Waals surface area contributed by atoms with Gasteiger partial charge in [0.15, 0.2) is 0 Å². The van der Waals surface area contributed by atoms with E-state index in [0.29, 0.717) is 34.4 Å². The van der Waals surface area contributed by atoms with Crippen molar-refractivity contribution in [2.24, 2.45) is 0 Å². The van der Waals surface area contributed by atoms with Crippen molar-refractivity contribution in [2.75, 3.05) is 14.2 Å². The minimum atomic E-state index is -0.990. The summed E-state index contributed by atoms with van der Waals surface area (Å²) in [4.78, 5) is 10.9. The standard InChI is InChI=1S/C17H14N2O5/c1-22-13-7-12(8-14(9-13)23-2)16-19-18-15(24-16)10-3-5-11(6-4-10)17(20)21/h3-9H,1-2H3,(H,20,21). The number of methoxy groups -OCH3 is 2. The fourth-order valence-electron chi connectivity index (χ4n) is 2.14. The van der Waals surface area contributed by atoms with E-state index >= 15 is 0 Å². The molecule has 7 heteroatoms. The third-order valence-electron chi connectivity index (χ3n) is 3.40. The topological polar surface area (TPSA) is 94.7 Å². The van der Waals surface area contributed by atoms with Crippen LogP contribution in [0.25, 0.3) is 22.9 Å². The van der Waals surface area contributed by atoms with Crippen molar-refractivity contribution in [3.8, 4) is 34.4 Å². The number of carbonyl (C=O) groups is 1. The molecule has 0 amide bonds. The highest BCUT2D eigenvalue weighted by Gasteiger charge is 2.13. The first kappa shape index (κ1) is 15.5. The Bertz CT molecular complexity index is 849. The van der Waals surface area contributed by atoms with Crippen molar-refractivity contribution in [2.45, 2.75) is 0 Å². The van der Waals surface area contributed by atoms with E-state index in [1.807, 2.05) is 0 Å². The molecule has 0 saturated carbocycles. The van der Waals surface area contributed by atoms with Crippen LogP contribution in [0.15, 0.2) is 46.9 Å². The van der Waals surface area contributed by atoms with Crippen LogP contribution in [-0.4, -0.2) is 35.5 Å². The van der Waals surface area contributed by atoms with Gasteiger partial charge in [-0.2, -0.15) is 0 Å². The number of hydrogen-bond acceptors (Lipinski definition) is 6. The Morgan fingerprint density at radius 1 is 0.917 bits per heavy atom. The zero-order valence-electron chi connectivity index (χ0n) is 13.0. The maximum Gasteiger partial charge on any atom is 0.335 e. The van der Waals surface area contributed by atoms with Crippen molar-refractivity contribution in [1.82, 2.24) is 10.2 Å². The van der Waals surface area contributed by atoms with Gasteiger partial charge >= 0.3 is 5.97 Å². The number of aromatic carboxylic acids is 1. The summed E-state index contributed by atoms with van der Waals surface area (Å²) >= 11 is 0. The number of carboxylic acid groups (broad SMARTS) is 1. The lowest BCUT2D eigenvalue weighted by atomic mass is 10.1. The third kappa shape index (κ3) is 3.05. The smallest absolute Gasteiger partial charge is 0.335 e. The quantitative estimate of drug-likeness (QED) is 0.769. The largest absolute Gasteiger partial charge is 0.497 e. The molecule has 0 aliphatic rings. The van der Waals surface area contributed by atoms with Gasteiger partial charge in [0.1, 0.15) is 11.5 Å². The number of ether oxygens (including phenoxy) is 2. The van der Waals surface area contributed by atoms with Crippen molar-refractivity contribution in [3.63, 3.8) is 0 Å². The lowest BCUT2D eigenvalue weighted by Gasteiger charge is -2.05. The normalized spacial score (nSPS) is 10.4. The SMILES string of the molecule is COc1cc(OC)cc(-c2nnc(-c3ccc(C(=O)O)cc3)o2)c1. The monoisotopic (exact) mass is 326 g/mol. The lowest BCUT2D eigenvalue weighted by Crippen LogP contribution is -1.94. The number of aromatic nitrogens is 2. The first-order valence-electron chi connectivity index (χ1n) is 7.01. The molecule has 0 bridgehead atoms. The Morgan fingerprint density at radius 3 is 1.96 bits per heavy atom. The summed E-state index contributed by atoms with van der Waals surface area (Å²) in [6.07, 6.45) is 0. The second-order valence-corrected chi connectivity index (χ2v) is 4.90. The minimum absolute atomic E-state index is 0.191. The molecule has 7 nitrogen and oxygen atoms in total. The van der Waals surface area contributed by atoms with Crippen molar-refractivity contribution >= 4 is 5.97 Å². The Balaban J connectivity index is 1.94. The van der Waals surface area contributed by atoms with Crippen LogP contribution in [0.2, 0.25) is 0 Å². The zero-order valence-corrected chi connectivity index (χ0v) is 13.0. The van der Waals surface area contributed by atoms with E-state index in [9.17, 15) is 4.79 Å². The number of rotatable bonds is 5. The molecule has 24 heavy (non-hydrogen) atoms. The van der Waals surface area contributed by atoms with Gasteiger partial charge in [-0.25, -0.2) is 4.79 Å². The van der Waals surface area contributed by atoms with E-state index in [4.69, 9.17) is 19.0 Å². The highest BCUT2D eigenvalue weighted by Crippen LogP contribution is 2.30. The summed E-state index contributed by atoms with van der Waals surface area (Å²) in [7, 11) is 3.11. The van der Waals surface area contributed by atoms with E-state index in [2.05, 4.69) is 10.2 Å². The molecule has 1 heterocycles. The molecule has 0 saturated heterocycles. The van der Waals surface area contributed by atoms with Crippen LogP contribution in [-0.2, 0) is 0 Å². The molecule has 122 valence electrons. The Hall–Kier alpha value is -3.35. The van der Waals surface area contributed by atoms with Crippen LogP contribution in [0.5, 0.6) is 11.5 Å². The molecule has 3 aromatic rings. The second-order valence-electron chi connectivity index (χ2n) is 4.90. The number of hydrogen-bond donors (Lipinski definition) is 1. The van der Waals surface area contributed by atoms with Gasteiger partial charge in [0.2, 0.25) is 11.8 Å². The highest BCUT2D eigenvalue weighted by molar-refractivity contribution is 5.88.